The fraction of sp³-hybridized carbons (Fsp3) is 1.00. The lowest BCUT2D eigenvalue weighted by Crippen LogP contribution is -2.35. The molecule has 0 spiro atoms. The molecule has 1 aliphatic rings. The SMILES string of the molecule is CCONC1CCN(C(C)C)C1. The van der Waals surface area contributed by atoms with Crippen molar-refractivity contribution in [3.05, 3.63) is 0 Å². The van der Waals surface area contributed by atoms with E-state index in [-0.39, 0.29) is 0 Å². The molecule has 1 saturated heterocycles. The van der Waals surface area contributed by atoms with Crippen LogP contribution < -0.4 is 5.48 Å². The van der Waals surface area contributed by atoms with E-state index in [2.05, 4.69) is 24.2 Å². The van der Waals surface area contributed by atoms with Crippen molar-refractivity contribution in [2.24, 2.45) is 0 Å². The lowest BCUT2D eigenvalue weighted by Gasteiger charge is -2.20. The summed E-state index contributed by atoms with van der Waals surface area (Å²) in [5.74, 6) is 0. The highest BCUT2D eigenvalue weighted by Crippen LogP contribution is 2.11. The number of rotatable bonds is 4. The average molecular weight is 172 g/mol. The van der Waals surface area contributed by atoms with Gasteiger partial charge in [-0.05, 0) is 27.2 Å². The van der Waals surface area contributed by atoms with Gasteiger partial charge in [0.05, 0.1) is 6.61 Å². The molecule has 1 fully saturated rings. The van der Waals surface area contributed by atoms with Gasteiger partial charge in [-0.3, -0.25) is 4.90 Å². The van der Waals surface area contributed by atoms with Crippen molar-refractivity contribution in [3.8, 4) is 0 Å². The molecule has 0 aromatic heterocycles. The first-order chi connectivity index (χ1) is 5.74. The van der Waals surface area contributed by atoms with E-state index in [1.165, 1.54) is 13.0 Å². The van der Waals surface area contributed by atoms with Gasteiger partial charge in [-0.1, -0.05) is 0 Å². The normalized spacial score (nSPS) is 25.5. The van der Waals surface area contributed by atoms with Crippen LogP contribution in [0.1, 0.15) is 27.2 Å². The molecule has 0 amide bonds. The third-order valence-corrected chi connectivity index (χ3v) is 2.34. The number of nitrogens with one attached hydrogen (secondary N) is 1. The Hall–Kier alpha value is -0.120. The van der Waals surface area contributed by atoms with Gasteiger partial charge in [0.2, 0.25) is 0 Å². The van der Waals surface area contributed by atoms with Gasteiger partial charge in [0.1, 0.15) is 0 Å². The molecular weight excluding hydrogens is 152 g/mol. The highest BCUT2D eigenvalue weighted by Gasteiger charge is 2.23. The summed E-state index contributed by atoms with van der Waals surface area (Å²) in [5, 5.41) is 0. The molecule has 12 heavy (non-hydrogen) atoms. The van der Waals surface area contributed by atoms with Gasteiger partial charge in [-0.2, -0.15) is 5.48 Å². The van der Waals surface area contributed by atoms with Gasteiger partial charge in [0.15, 0.2) is 0 Å². The fourth-order valence-electron chi connectivity index (χ4n) is 1.55. The Bertz CT molecular complexity index is 128. The summed E-state index contributed by atoms with van der Waals surface area (Å²) in [4.78, 5) is 7.64. The van der Waals surface area contributed by atoms with Crippen molar-refractivity contribution in [3.63, 3.8) is 0 Å². The second-order valence-corrected chi connectivity index (χ2v) is 3.63. The van der Waals surface area contributed by atoms with Crippen LogP contribution in [-0.2, 0) is 4.84 Å². The zero-order valence-electron chi connectivity index (χ0n) is 8.34. The lowest BCUT2D eigenvalue weighted by molar-refractivity contribution is 0.0260. The van der Waals surface area contributed by atoms with E-state index in [0.717, 1.165) is 13.2 Å². The second kappa shape index (κ2) is 4.80. The molecule has 1 N–H and O–H groups in total. The van der Waals surface area contributed by atoms with E-state index < -0.39 is 0 Å². The number of hydroxylamine groups is 1. The van der Waals surface area contributed by atoms with Crippen LogP contribution in [0.25, 0.3) is 0 Å². The molecule has 1 atom stereocenters. The Balaban J connectivity index is 2.17. The smallest absolute Gasteiger partial charge is 0.0654 e. The van der Waals surface area contributed by atoms with E-state index in [4.69, 9.17) is 4.84 Å². The van der Waals surface area contributed by atoms with Crippen LogP contribution in [0.4, 0.5) is 0 Å². The third-order valence-electron chi connectivity index (χ3n) is 2.34. The van der Waals surface area contributed by atoms with Crippen LogP contribution in [-0.4, -0.2) is 36.7 Å². The molecule has 1 unspecified atom stereocenters. The van der Waals surface area contributed by atoms with Crippen molar-refractivity contribution in [1.82, 2.24) is 10.4 Å². The van der Waals surface area contributed by atoms with Crippen LogP contribution in [0, 0.1) is 0 Å². The Morgan fingerprint density at radius 2 is 2.33 bits per heavy atom. The first-order valence-electron chi connectivity index (χ1n) is 4.85. The third kappa shape index (κ3) is 2.73. The highest BCUT2D eigenvalue weighted by molar-refractivity contribution is 4.80. The standard InChI is InChI=1S/C9H20N2O/c1-4-12-10-9-5-6-11(7-9)8(2)3/h8-10H,4-7H2,1-3H3. The molecule has 0 saturated carbocycles. The summed E-state index contributed by atoms with van der Waals surface area (Å²) in [6, 6.07) is 1.20. The quantitative estimate of drug-likeness (QED) is 0.641. The maximum Gasteiger partial charge on any atom is 0.0654 e. The molecule has 0 radical (unpaired) electrons. The Kier molecular flexibility index (Phi) is 3.98. The highest BCUT2D eigenvalue weighted by atomic mass is 16.6. The van der Waals surface area contributed by atoms with Crippen LogP contribution >= 0.6 is 0 Å². The van der Waals surface area contributed by atoms with Crippen molar-refractivity contribution < 1.29 is 4.84 Å². The summed E-state index contributed by atoms with van der Waals surface area (Å²) >= 11 is 0. The molecule has 0 bridgehead atoms. The zero-order valence-corrected chi connectivity index (χ0v) is 8.34. The van der Waals surface area contributed by atoms with Gasteiger partial charge in [0.25, 0.3) is 0 Å². The molecule has 1 heterocycles. The van der Waals surface area contributed by atoms with Gasteiger partial charge in [-0.25, -0.2) is 0 Å². The van der Waals surface area contributed by atoms with Gasteiger partial charge in [-0.15, -0.1) is 0 Å². The lowest BCUT2D eigenvalue weighted by atomic mass is 10.3. The molecule has 3 nitrogen and oxygen atoms in total. The molecule has 1 aliphatic heterocycles. The summed E-state index contributed by atoms with van der Waals surface area (Å²) in [5.41, 5.74) is 3.07. The average Bonchev–Trinajstić information content (AvgIpc) is 2.48. The molecule has 72 valence electrons. The zero-order chi connectivity index (χ0) is 8.97. The minimum Gasteiger partial charge on any atom is -0.302 e. The van der Waals surface area contributed by atoms with Crippen LogP contribution in [0.5, 0.6) is 0 Å². The van der Waals surface area contributed by atoms with Crippen molar-refractivity contribution in [1.29, 1.82) is 0 Å². The maximum absolute atomic E-state index is 5.17. The van der Waals surface area contributed by atoms with E-state index in [9.17, 15) is 0 Å². The van der Waals surface area contributed by atoms with E-state index >= 15 is 0 Å². The monoisotopic (exact) mass is 172 g/mol. The van der Waals surface area contributed by atoms with Gasteiger partial charge >= 0.3 is 0 Å². The van der Waals surface area contributed by atoms with Crippen LogP contribution in [0.15, 0.2) is 0 Å². The van der Waals surface area contributed by atoms with E-state index in [1.54, 1.807) is 0 Å². The summed E-state index contributed by atoms with van der Waals surface area (Å²) < 4.78 is 0. The van der Waals surface area contributed by atoms with Crippen LogP contribution in [0.2, 0.25) is 0 Å². The van der Waals surface area contributed by atoms with Crippen molar-refractivity contribution in [2.45, 2.75) is 39.3 Å². The number of hydrogen-bond donors (Lipinski definition) is 1. The molecule has 0 aromatic rings. The van der Waals surface area contributed by atoms with E-state index in [0.29, 0.717) is 12.1 Å². The predicted octanol–water partition coefficient (Wildman–Crippen LogP) is 1.01. The van der Waals surface area contributed by atoms with Gasteiger partial charge < -0.3 is 4.84 Å². The molecule has 0 aliphatic carbocycles. The van der Waals surface area contributed by atoms with Gasteiger partial charge in [0, 0.05) is 25.2 Å². The summed E-state index contributed by atoms with van der Waals surface area (Å²) in [6.45, 7) is 9.55. The summed E-state index contributed by atoms with van der Waals surface area (Å²) in [7, 11) is 0. The number of nitrogens with zero attached hydrogens (tertiary/aromatic N) is 1. The van der Waals surface area contributed by atoms with Crippen molar-refractivity contribution >= 4 is 0 Å². The minimum absolute atomic E-state index is 0.535. The fourth-order valence-corrected chi connectivity index (χ4v) is 1.55. The first kappa shape index (κ1) is 9.96. The molecule has 0 aromatic carbocycles. The second-order valence-electron chi connectivity index (χ2n) is 3.63. The number of likely N-dealkylation sites (tertiary alicyclic amines) is 1. The minimum atomic E-state index is 0.535. The van der Waals surface area contributed by atoms with Crippen molar-refractivity contribution in [2.75, 3.05) is 19.7 Å². The largest absolute Gasteiger partial charge is 0.302 e. The Labute approximate surface area is 75.0 Å². The predicted molar refractivity (Wildman–Crippen MR) is 49.9 cm³/mol. The Morgan fingerprint density at radius 1 is 1.58 bits per heavy atom. The molecule has 1 rings (SSSR count). The Morgan fingerprint density at radius 3 is 2.83 bits per heavy atom. The summed E-state index contributed by atoms with van der Waals surface area (Å²) in [6.07, 6.45) is 1.21. The van der Waals surface area contributed by atoms with E-state index in [1.807, 2.05) is 6.92 Å². The number of hydrogen-bond acceptors (Lipinski definition) is 3. The topological polar surface area (TPSA) is 24.5 Å². The molecule has 3 heteroatoms. The van der Waals surface area contributed by atoms with Crippen LogP contribution in [0.3, 0.4) is 0 Å². The first-order valence-corrected chi connectivity index (χ1v) is 4.85. The maximum atomic E-state index is 5.17. The molecular formula is C9H20N2O.